The summed E-state index contributed by atoms with van der Waals surface area (Å²) in [5.41, 5.74) is 0. The number of nitrogens with zero attached hydrogens (tertiary/aromatic N) is 1. The molecule has 3 rings (SSSR count). The van der Waals surface area contributed by atoms with Crippen LogP contribution in [-0.2, 0) is 9.59 Å². The van der Waals surface area contributed by atoms with E-state index in [1.165, 1.54) is 0 Å². The molecule has 2 amide bonds. The normalized spacial score (nSPS) is 37.6. The molecule has 3 aliphatic rings. The molecule has 1 saturated carbocycles. The van der Waals surface area contributed by atoms with Crippen molar-refractivity contribution in [3.63, 3.8) is 0 Å². The lowest BCUT2D eigenvalue weighted by molar-refractivity contribution is -0.157. The topological polar surface area (TPSA) is 49.4 Å². The van der Waals surface area contributed by atoms with E-state index in [0.717, 1.165) is 32.4 Å². The molecule has 2 aliphatic heterocycles. The molecular formula is C10H14N2O2. The highest BCUT2D eigenvalue weighted by atomic mass is 16.2. The third kappa shape index (κ3) is 0.974. The summed E-state index contributed by atoms with van der Waals surface area (Å²) in [6, 6.07) is 0.151. The van der Waals surface area contributed by atoms with Crippen LogP contribution in [0.25, 0.3) is 0 Å². The van der Waals surface area contributed by atoms with Gasteiger partial charge in [0.05, 0.1) is 6.04 Å². The summed E-state index contributed by atoms with van der Waals surface area (Å²) in [5, 5.41) is 3.10. The molecule has 2 atom stereocenters. The van der Waals surface area contributed by atoms with Gasteiger partial charge < -0.3 is 5.32 Å². The van der Waals surface area contributed by atoms with Gasteiger partial charge in [0.25, 0.3) is 0 Å². The van der Waals surface area contributed by atoms with E-state index in [0.29, 0.717) is 0 Å². The van der Waals surface area contributed by atoms with Crippen molar-refractivity contribution in [2.24, 2.45) is 11.8 Å². The average Bonchev–Trinajstić information content (AvgIpc) is 2.52. The van der Waals surface area contributed by atoms with Gasteiger partial charge in [0.2, 0.25) is 11.8 Å². The molecule has 0 radical (unpaired) electrons. The fourth-order valence-electron chi connectivity index (χ4n) is 2.75. The minimum atomic E-state index is 0.0928. The zero-order chi connectivity index (χ0) is 9.71. The van der Waals surface area contributed by atoms with Crippen molar-refractivity contribution in [2.45, 2.75) is 25.3 Å². The zero-order valence-corrected chi connectivity index (χ0v) is 8.03. The van der Waals surface area contributed by atoms with Crippen molar-refractivity contribution in [1.29, 1.82) is 0 Å². The van der Waals surface area contributed by atoms with Crippen LogP contribution in [0.5, 0.6) is 0 Å². The second-order valence-corrected chi connectivity index (χ2v) is 4.57. The van der Waals surface area contributed by atoms with Crippen molar-refractivity contribution >= 4 is 11.8 Å². The predicted octanol–water partition coefficient (Wildman–Crippen LogP) is -0.257. The van der Waals surface area contributed by atoms with Crippen LogP contribution in [-0.4, -0.2) is 35.8 Å². The second kappa shape index (κ2) is 2.79. The van der Waals surface area contributed by atoms with Crippen molar-refractivity contribution < 1.29 is 9.59 Å². The molecule has 3 fully saturated rings. The van der Waals surface area contributed by atoms with Gasteiger partial charge in [0.15, 0.2) is 0 Å². The lowest BCUT2D eigenvalue weighted by atomic mass is 9.94. The Bertz CT molecular complexity index is 276. The number of imide groups is 1. The fourth-order valence-corrected chi connectivity index (χ4v) is 2.75. The highest BCUT2D eigenvalue weighted by Crippen LogP contribution is 2.39. The minimum absolute atomic E-state index is 0.0928. The number of carbonyl (C=O) groups excluding carboxylic acids is 2. The van der Waals surface area contributed by atoms with Crippen LogP contribution in [0, 0.1) is 11.8 Å². The monoisotopic (exact) mass is 194 g/mol. The van der Waals surface area contributed by atoms with Crippen molar-refractivity contribution in [2.75, 3.05) is 13.1 Å². The molecule has 2 heterocycles. The lowest BCUT2D eigenvalue weighted by Crippen LogP contribution is -2.63. The zero-order valence-electron chi connectivity index (χ0n) is 8.03. The Balaban J connectivity index is 1.88. The first kappa shape index (κ1) is 8.41. The van der Waals surface area contributed by atoms with Crippen LogP contribution in [0.3, 0.4) is 0 Å². The van der Waals surface area contributed by atoms with Crippen molar-refractivity contribution in [3.05, 3.63) is 0 Å². The first-order chi connectivity index (χ1) is 6.77. The summed E-state index contributed by atoms with van der Waals surface area (Å²) >= 11 is 0. The van der Waals surface area contributed by atoms with Gasteiger partial charge in [-0.2, -0.15) is 0 Å². The Labute approximate surface area is 82.6 Å². The molecule has 2 bridgehead atoms. The highest BCUT2D eigenvalue weighted by molar-refractivity contribution is 6.01. The van der Waals surface area contributed by atoms with E-state index in [-0.39, 0.29) is 29.7 Å². The average molecular weight is 194 g/mol. The van der Waals surface area contributed by atoms with Crippen molar-refractivity contribution in [1.82, 2.24) is 10.2 Å². The van der Waals surface area contributed by atoms with E-state index in [9.17, 15) is 9.59 Å². The Morgan fingerprint density at radius 1 is 1.07 bits per heavy atom. The van der Waals surface area contributed by atoms with E-state index in [1.807, 2.05) is 0 Å². The van der Waals surface area contributed by atoms with Gasteiger partial charge in [0, 0.05) is 24.9 Å². The molecule has 0 aromatic heterocycles. The third-order valence-electron chi connectivity index (χ3n) is 3.73. The van der Waals surface area contributed by atoms with Crippen LogP contribution < -0.4 is 5.32 Å². The standard InChI is InChI=1S/C10H14N2O2/c13-9-6-1-2-7(3-6)10(14)12(9)8-4-11-5-8/h6-8,11H,1-5H2. The third-order valence-corrected chi connectivity index (χ3v) is 3.73. The number of carbonyl (C=O) groups is 2. The Morgan fingerprint density at radius 3 is 2.07 bits per heavy atom. The van der Waals surface area contributed by atoms with Gasteiger partial charge in [-0.3, -0.25) is 14.5 Å². The first-order valence-electron chi connectivity index (χ1n) is 5.35. The molecule has 14 heavy (non-hydrogen) atoms. The minimum Gasteiger partial charge on any atom is -0.313 e. The van der Waals surface area contributed by atoms with E-state index in [2.05, 4.69) is 5.32 Å². The van der Waals surface area contributed by atoms with E-state index in [4.69, 9.17) is 0 Å². The molecule has 4 heteroatoms. The summed E-state index contributed by atoms with van der Waals surface area (Å²) in [6.07, 6.45) is 2.66. The largest absolute Gasteiger partial charge is 0.313 e. The van der Waals surface area contributed by atoms with Crippen molar-refractivity contribution in [3.8, 4) is 0 Å². The Kier molecular flexibility index (Phi) is 1.68. The molecule has 0 aromatic carbocycles. The number of amides is 2. The van der Waals surface area contributed by atoms with Gasteiger partial charge in [-0.15, -0.1) is 0 Å². The van der Waals surface area contributed by atoms with Crippen LogP contribution in [0.1, 0.15) is 19.3 Å². The van der Waals surface area contributed by atoms with Gasteiger partial charge in [-0.1, -0.05) is 0 Å². The molecular weight excluding hydrogens is 180 g/mol. The Morgan fingerprint density at radius 2 is 1.64 bits per heavy atom. The number of fused-ring (bicyclic) bond motifs is 2. The molecule has 0 spiro atoms. The van der Waals surface area contributed by atoms with Gasteiger partial charge in [0.1, 0.15) is 0 Å². The molecule has 1 N–H and O–H groups in total. The highest BCUT2D eigenvalue weighted by Gasteiger charge is 2.48. The summed E-state index contributed by atoms with van der Waals surface area (Å²) in [4.78, 5) is 25.4. The van der Waals surface area contributed by atoms with Gasteiger partial charge in [-0.25, -0.2) is 0 Å². The van der Waals surface area contributed by atoms with Crippen LogP contribution in [0.2, 0.25) is 0 Å². The molecule has 1 aliphatic carbocycles. The summed E-state index contributed by atoms with van der Waals surface area (Å²) in [7, 11) is 0. The Hall–Kier alpha value is -0.900. The van der Waals surface area contributed by atoms with Gasteiger partial charge in [-0.05, 0) is 19.3 Å². The molecule has 0 aromatic rings. The van der Waals surface area contributed by atoms with Crippen LogP contribution in [0.4, 0.5) is 0 Å². The van der Waals surface area contributed by atoms with E-state index in [1.54, 1.807) is 4.90 Å². The van der Waals surface area contributed by atoms with Crippen LogP contribution >= 0.6 is 0 Å². The fraction of sp³-hybridized carbons (Fsp3) is 0.800. The molecule has 2 unspecified atom stereocenters. The smallest absolute Gasteiger partial charge is 0.232 e. The summed E-state index contributed by atoms with van der Waals surface area (Å²) in [6.45, 7) is 1.58. The van der Waals surface area contributed by atoms with Gasteiger partial charge >= 0.3 is 0 Å². The van der Waals surface area contributed by atoms with E-state index < -0.39 is 0 Å². The quantitative estimate of drug-likeness (QED) is 0.585. The number of piperidine rings is 1. The second-order valence-electron chi connectivity index (χ2n) is 4.57. The first-order valence-corrected chi connectivity index (χ1v) is 5.35. The molecule has 2 saturated heterocycles. The molecule has 4 nitrogen and oxygen atoms in total. The number of rotatable bonds is 1. The maximum atomic E-state index is 11.9. The summed E-state index contributed by atoms with van der Waals surface area (Å²) in [5.74, 6) is 0.488. The lowest BCUT2D eigenvalue weighted by Gasteiger charge is -2.40. The SMILES string of the molecule is O=C1C2CCC(C2)C(=O)N1C1CNC1. The number of hydrogen-bond acceptors (Lipinski definition) is 3. The maximum Gasteiger partial charge on any atom is 0.232 e. The predicted molar refractivity (Wildman–Crippen MR) is 49.3 cm³/mol. The number of nitrogens with one attached hydrogen (secondary N) is 1. The van der Waals surface area contributed by atoms with E-state index >= 15 is 0 Å². The molecule has 76 valence electrons. The van der Waals surface area contributed by atoms with Crippen LogP contribution in [0.15, 0.2) is 0 Å². The maximum absolute atomic E-state index is 11.9. The summed E-state index contributed by atoms with van der Waals surface area (Å²) < 4.78 is 0. The number of hydrogen-bond donors (Lipinski definition) is 1. The number of likely N-dealkylation sites (tertiary alicyclic amines) is 1.